The molecule has 0 amide bonds. The molecule has 0 saturated heterocycles. The Bertz CT molecular complexity index is 289. The normalized spacial score (nSPS) is 12.5. The fourth-order valence-electron chi connectivity index (χ4n) is 1.51. The summed E-state index contributed by atoms with van der Waals surface area (Å²) in [5.74, 6) is 1.51. The molecule has 2 N–H and O–H groups in total. The Balaban J connectivity index is 2.43. The second-order valence-electron chi connectivity index (χ2n) is 4.30. The van der Waals surface area contributed by atoms with Gasteiger partial charge in [-0.15, -0.1) is 0 Å². The van der Waals surface area contributed by atoms with Gasteiger partial charge in [-0.25, -0.2) is 0 Å². The maximum Gasteiger partial charge on any atom is 0.119 e. The van der Waals surface area contributed by atoms with Crippen molar-refractivity contribution in [1.82, 2.24) is 0 Å². The molecule has 0 aromatic heterocycles. The summed E-state index contributed by atoms with van der Waals surface area (Å²) >= 11 is 0. The van der Waals surface area contributed by atoms with Crippen LogP contribution in [0.1, 0.15) is 24.5 Å². The molecule has 1 aromatic rings. The minimum atomic E-state index is 0.538. The summed E-state index contributed by atoms with van der Waals surface area (Å²) in [4.78, 5) is 0. The van der Waals surface area contributed by atoms with Crippen LogP contribution in [0.3, 0.4) is 0 Å². The average Bonchev–Trinajstić information content (AvgIpc) is 2.16. The van der Waals surface area contributed by atoms with E-state index in [1.54, 1.807) is 0 Å². The molecule has 0 spiro atoms. The number of hydrogen-bond donors (Lipinski definition) is 1. The number of nitrogens with two attached hydrogens (primary N) is 1. The van der Waals surface area contributed by atoms with E-state index in [9.17, 15) is 0 Å². The maximum atomic E-state index is 5.68. The molecule has 0 aliphatic carbocycles. The van der Waals surface area contributed by atoms with E-state index in [4.69, 9.17) is 10.5 Å². The zero-order valence-corrected chi connectivity index (χ0v) is 9.92. The molecule has 0 saturated carbocycles. The molecular weight excluding hydrogens is 186 g/mol. The lowest BCUT2D eigenvalue weighted by Gasteiger charge is -2.11. The van der Waals surface area contributed by atoms with Gasteiger partial charge in [-0.2, -0.15) is 0 Å². The maximum absolute atomic E-state index is 5.68. The minimum Gasteiger partial charge on any atom is -0.494 e. The van der Waals surface area contributed by atoms with Crippen LogP contribution in [0.4, 0.5) is 0 Å². The van der Waals surface area contributed by atoms with Gasteiger partial charge in [0.25, 0.3) is 0 Å². The Morgan fingerprint density at radius 1 is 1.20 bits per heavy atom. The van der Waals surface area contributed by atoms with E-state index in [2.05, 4.69) is 39.0 Å². The first-order chi connectivity index (χ1) is 7.11. The van der Waals surface area contributed by atoms with Crippen molar-refractivity contribution in [2.24, 2.45) is 11.7 Å². The van der Waals surface area contributed by atoms with Crippen LogP contribution in [0.15, 0.2) is 18.2 Å². The van der Waals surface area contributed by atoms with Gasteiger partial charge in [0.1, 0.15) is 5.75 Å². The largest absolute Gasteiger partial charge is 0.494 e. The fourth-order valence-corrected chi connectivity index (χ4v) is 1.51. The lowest BCUT2D eigenvalue weighted by molar-refractivity contribution is 0.285. The van der Waals surface area contributed by atoms with Crippen molar-refractivity contribution >= 4 is 0 Å². The van der Waals surface area contributed by atoms with Gasteiger partial charge in [0.2, 0.25) is 0 Å². The highest BCUT2D eigenvalue weighted by atomic mass is 16.5. The predicted octanol–water partition coefficient (Wildman–Crippen LogP) is 2.67. The van der Waals surface area contributed by atoms with Gasteiger partial charge in [0, 0.05) is 0 Å². The Morgan fingerprint density at radius 2 is 1.80 bits per heavy atom. The van der Waals surface area contributed by atoms with Crippen LogP contribution in [0, 0.1) is 19.8 Å². The molecule has 1 rings (SSSR count). The third-order valence-electron chi connectivity index (χ3n) is 2.48. The molecule has 2 heteroatoms. The lowest BCUT2D eigenvalue weighted by Crippen LogP contribution is -2.13. The average molecular weight is 207 g/mol. The van der Waals surface area contributed by atoms with E-state index in [1.807, 2.05) is 0 Å². The summed E-state index contributed by atoms with van der Waals surface area (Å²) in [7, 11) is 0. The van der Waals surface area contributed by atoms with Crippen LogP contribution < -0.4 is 10.5 Å². The second kappa shape index (κ2) is 5.76. The van der Waals surface area contributed by atoms with Crippen molar-refractivity contribution < 1.29 is 4.74 Å². The number of benzene rings is 1. The summed E-state index contributed by atoms with van der Waals surface area (Å²) in [6.07, 6.45) is 1.02. The van der Waals surface area contributed by atoms with Crippen LogP contribution in [0.2, 0.25) is 0 Å². The second-order valence-corrected chi connectivity index (χ2v) is 4.30. The highest BCUT2D eigenvalue weighted by Gasteiger charge is 2.00. The Labute approximate surface area is 92.4 Å². The number of ether oxygens (including phenoxy) is 1. The first-order valence-electron chi connectivity index (χ1n) is 5.53. The lowest BCUT2D eigenvalue weighted by atomic mass is 10.1. The summed E-state index contributed by atoms with van der Waals surface area (Å²) < 4.78 is 5.68. The Kier molecular flexibility index (Phi) is 4.63. The molecule has 84 valence electrons. The van der Waals surface area contributed by atoms with Gasteiger partial charge in [0.15, 0.2) is 0 Å². The van der Waals surface area contributed by atoms with Crippen molar-refractivity contribution in [1.29, 1.82) is 0 Å². The highest BCUT2D eigenvalue weighted by molar-refractivity contribution is 5.32. The summed E-state index contributed by atoms with van der Waals surface area (Å²) in [5.41, 5.74) is 8.04. The van der Waals surface area contributed by atoms with Gasteiger partial charge in [-0.05, 0) is 56.0 Å². The Morgan fingerprint density at radius 3 is 2.33 bits per heavy atom. The molecule has 0 heterocycles. The van der Waals surface area contributed by atoms with E-state index in [1.165, 1.54) is 11.1 Å². The first-order valence-corrected chi connectivity index (χ1v) is 5.53. The van der Waals surface area contributed by atoms with E-state index < -0.39 is 0 Å². The summed E-state index contributed by atoms with van der Waals surface area (Å²) in [6, 6.07) is 6.29. The molecule has 0 bridgehead atoms. The number of rotatable bonds is 5. The van der Waals surface area contributed by atoms with Crippen LogP contribution in [0.25, 0.3) is 0 Å². The van der Waals surface area contributed by atoms with Crippen molar-refractivity contribution in [3.8, 4) is 5.75 Å². The van der Waals surface area contributed by atoms with E-state index in [-0.39, 0.29) is 0 Å². The third kappa shape index (κ3) is 4.34. The molecule has 2 nitrogen and oxygen atoms in total. The van der Waals surface area contributed by atoms with Gasteiger partial charge in [-0.1, -0.05) is 13.0 Å². The molecule has 0 aliphatic rings. The van der Waals surface area contributed by atoms with E-state index >= 15 is 0 Å². The summed E-state index contributed by atoms with van der Waals surface area (Å²) in [6.45, 7) is 7.80. The molecular formula is C13H21NO. The van der Waals surface area contributed by atoms with Crippen LogP contribution in [-0.4, -0.2) is 13.2 Å². The predicted molar refractivity (Wildman–Crippen MR) is 64.2 cm³/mol. The van der Waals surface area contributed by atoms with Crippen molar-refractivity contribution in [2.75, 3.05) is 13.2 Å². The number of hydrogen-bond acceptors (Lipinski definition) is 2. The highest BCUT2D eigenvalue weighted by Crippen LogP contribution is 2.16. The third-order valence-corrected chi connectivity index (χ3v) is 2.48. The van der Waals surface area contributed by atoms with Crippen LogP contribution >= 0.6 is 0 Å². The van der Waals surface area contributed by atoms with E-state index in [0.29, 0.717) is 5.92 Å². The van der Waals surface area contributed by atoms with Crippen molar-refractivity contribution in [2.45, 2.75) is 27.2 Å². The van der Waals surface area contributed by atoms with E-state index in [0.717, 1.165) is 25.3 Å². The first kappa shape index (κ1) is 12.1. The zero-order chi connectivity index (χ0) is 11.3. The van der Waals surface area contributed by atoms with Crippen molar-refractivity contribution in [3.63, 3.8) is 0 Å². The molecule has 1 aromatic carbocycles. The minimum absolute atomic E-state index is 0.538. The summed E-state index contributed by atoms with van der Waals surface area (Å²) in [5, 5.41) is 0. The molecule has 15 heavy (non-hydrogen) atoms. The zero-order valence-electron chi connectivity index (χ0n) is 9.92. The smallest absolute Gasteiger partial charge is 0.119 e. The quantitative estimate of drug-likeness (QED) is 0.805. The molecule has 0 fully saturated rings. The van der Waals surface area contributed by atoms with Crippen molar-refractivity contribution in [3.05, 3.63) is 29.3 Å². The fraction of sp³-hybridized carbons (Fsp3) is 0.538. The van der Waals surface area contributed by atoms with Gasteiger partial charge < -0.3 is 10.5 Å². The van der Waals surface area contributed by atoms with Gasteiger partial charge >= 0.3 is 0 Å². The van der Waals surface area contributed by atoms with Gasteiger partial charge in [-0.3, -0.25) is 0 Å². The number of aryl methyl sites for hydroxylation is 2. The standard InChI is InChI=1S/C13H21NO/c1-10(9-14)4-5-15-13-7-11(2)6-12(3)8-13/h6-8,10H,4-5,9,14H2,1-3H3. The molecule has 1 unspecified atom stereocenters. The Hall–Kier alpha value is -1.02. The molecule has 1 atom stereocenters. The van der Waals surface area contributed by atoms with Crippen LogP contribution in [0.5, 0.6) is 5.75 Å². The monoisotopic (exact) mass is 207 g/mol. The molecule has 0 radical (unpaired) electrons. The molecule has 0 aliphatic heterocycles. The SMILES string of the molecule is Cc1cc(C)cc(OCCC(C)CN)c1. The van der Waals surface area contributed by atoms with Crippen LogP contribution in [-0.2, 0) is 0 Å². The topological polar surface area (TPSA) is 35.2 Å². The van der Waals surface area contributed by atoms with Gasteiger partial charge in [0.05, 0.1) is 6.61 Å².